The summed E-state index contributed by atoms with van der Waals surface area (Å²) >= 11 is 4.52. The topological polar surface area (TPSA) is 0 Å². The average Bonchev–Trinajstić information content (AvgIpc) is 2.63. The van der Waals surface area contributed by atoms with Gasteiger partial charge in [0.1, 0.15) is 0 Å². The predicted molar refractivity (Wildman–Crippen MR) is 45.0 cm³/mol. The second kappa shape index (κ2) is 3.50. The Bertz CT molecular complexity index is 76.6. The fourth-order valence-electron chi connectivity index (χ4n) is 1.13. The number of unbranched alkanes of at least 4 members (excludes halogenated alkanes) is 1. The molecule has 0 heterocycles. The third-order valence-corrected chi connectivity index (χ3v) is 2.70. The molecular formula is C8H16S. The van der Waals surface area contributed by atoms with Crippen LogP contribution in [0.4, 0.5) is 0 Å². The number of thiol groups is 1. The average molecular weight is 144 g/mol. The third kappa shape index (κ3) is 2.61. The van der Waals surface area contributed by atoms with Crippen molar-refractivity contribution in [2.45, 2.75) is 44.3 Å². The minimum absolute atomic E-state index is 0.727. The van der Waals surface area contributed by atoms with Crippen molar-refractivity contribution >= 4 is 12.6 Å². The highest BCUT2D eigenvalue weighted by Gasteiger charge is 2.27. The van der Waals surface area contributed by atoms with Gasteiger partial charge in [-0.3, -0.25) is 0 Å². The standard InChI is InChI=1S/C8H16S/c1-2-3-4-8(9)7-5-6-7/h7-9H,2-6H2,1H3. The zero-order valence-electron chi connectivity index (χ0n) is 6.14. The Balaban J connectivity index is 1.96. The van der Waals surface area contributed by atoms with Gasteiger partial charge in [-0.2, -0.15) is 12.6 Å². The molecule has 0 aliphatic heterocycles. The maximum atomic E-state index is 4.52. The van der Waals surface area contributed by atoms with Crippen LogP contribution >= 0.6 is 12.6 Å². The first-order valence-electron chi connectivity index (χ1n) is 4.02. The van der Waals surface area contributed by atoms with Crippen LogP contribution in [-0.2, 0) is 0 Å². The van der Waals surface area contributed by atoms with Crippen molar-refractivity contribution in [2.24, 2.45) is 5.92 Å². The number of hydrogen-bond donors (Lipinski definition) is 1. The molecule has 9 heavy (non-hydrogen) atoms. The first-order chi connectivity index (χ1) is 4.34. The molecule has 54 valence electrons. The van der Waals surface area contributed by atoms with Crippen LogP contribution in [0.5, 0.6) is 0 Å². The quantitative estimate of drug-likeness (QED) is 0.576. The van der Waals surface area contributed by atoms with E-state index in [0.717, 1.165) is 11.2 Å². The van der Waals surface area contributed by atoms with Crippen LogP contribution in [0.2, 0.25) is 0 Å². The van der Waals surface area contributed by atoms with Crippen LogP contribution in [0, 0.1) is 5.92 Å². The van der Waals surface area contributed by atoms with Gasteiger partial charge in [0.15, 0.2) is 0 Å². The largest absolute Gasteiger partial charge is 0.176 e. The first-order valence-corrected chi connectivity index (χ1v) is 4.54. The van der Waals surface area contributed by atoms with E-state index < -0.39 is 0 Å². The summed E-state index contributed by atoms with van der Waals surface area (Å²) in [5.74, 6) is 0.986. The highest BCUT2D eigenvalue weighted by Crippen LogP contribution is 2.37. The van der Waals surface area contributed by atoms with Crippen LogP contribution in [-0.4, -0.2) is 5.25 Å². The van der Waals surface area contributed by atoms with Gasteiger partial charge in [0.05, 0.1) is 0 Å². The molecule has 1 saturated carbocycles. The summed E-state index contributed by atoms with van der Waals surface area (Å²) in [6, 6.07) is 0. The van der Waals surface area contributed by atoms with Gasteiger partial charge in [-0.05, 0) is 25.2 Å². The molecule has 1 heteroatoms. The van der Waals surface area contributed by atoms with Crippen molar-refractivity contribution in [3.8, 4) is 0 Å². The van der Waals surface area contributed by atoms with Gasteiger partial charge < -0.3 is 0 Å². The summed E-state index contributed by atoms with van der Waals surface area (Å²) < 4.78 is 0. The van der Waals surface area contributed by atoms with E-state index >= 15 is 0 Å². The van der Waals surface area contributed by atoms with Crippen molar-refractivity contribution in [2.75, 3.05) is 0 Å². The van der Waals surface area contributed by atoms with Crippen molar-refractivity contribution in [1.82, 2.24) is 0 Å². The summed E-state index contributed by atoms with van der Waals surface area (Å²) in [6.45, 7) is 2.24. The molecule has 1 aliphatic rings. The Morgan fingerprint density at radius 3 is 2.67 bits per heavy atom. The van der Waals surface area contributed by atoms with E-state index in [1.807, 2.05) is 0 Å². The Kier molecular flexibility index (Phi) is 2.90. The molecule has 1 fully saturated rings. The zero-order valence-corrected chi connectivity index (χ0v) is 7.03. The van der Waals surface area contributed by atoms with E-state index in [-0.39, 0.29) is 0 Å². The molecule has 1 rings (SSSR count). The molecule has 1 aliphatic carbocycles. The Labute approximate surface area is 63.4 Å². The van der Waals surface area contributed by atoms with E-state index in [2.05, 4.69) is 19.6 Å². The van der Waals surface area contributed by atoms with Gasteiger partial charge >= 0.3 is 0 Å². The molecular weight excluding hydrogens is 128 g/mol. The van der Waals surface area contributed by atoms with Gasteiger partial charge in [-0.15, -0.1) is 0 Å². The Morgan fingerprint density at radius 2 is 2.22 bits per heavy atom. The van der Waals surface area contributed by atoms with Gasteiger partial charge in [0, 0.05) is 5.25 Å². The summed E-state index contributed by atoms with van der Waals surface area (Å²) in [6.07, 6.45) is 6.91. The lowest BCUT2D eigenvalue weighted by Gasteiger charge is -2.05. The second-order valence-electron chi connectivity index (χ2n) is 3.05. The molecule has 0 saturated heterocycles. The summed E-state index contributed by atoms with van der Waals surface area (Å²) in [7, 11) is 0. The lowest BCUT2D eigenvalue weighted by Crippen LogP contribution is -1.99. The van der Waals surface area contributed by atoms with E-state index in [9.17, 15) is 0 Å². The number of rotatable bonds is 4. The van der Waals surface area contributed by atoms with Gasteiger partial charge in [0.2, 0.25) is 0 Å². The summed E-state index contributed by atoms with van der Waals surface area (Å²) in [4.78, 5) is 0. The van der Waals surface area contributed by atoms with Crippen LogP contribution in [0.3, 0.4) is 0 Å². The van der Waals surface area contributed by atoms with E-state index in [1.54, 1.807) is 0 Å². The van der Waals surface area contributed by atoms with Crippen LogP contribution < -0.4 is 0 Å². The maximum Gasteiger partial charge on any atom is 0.00450 e. The van der Waals surface area contributed by atoms with Gasteiger partial charge in [0.25, 0.3) is 0 Å². The molecule has 0 aromatic carbocycles. The first kappa shape index (κ1) is 7.46. The molecule has 0 amide bonds. The van der Waals surface area contributed by atoms with Gasteiger partial charge in [-0.1, -0.05) is 19.8 Å². The molecule has 0 N–H and O–H groups in total. The van der Waals surface area contributed by atoms with Crippen LogP contribution in [0.1, 0.15) is 39.0 Å². The molecule has 0 spiro atoms. The Hall–Kier alpha value is 0.350. The molecule has 0 radical (unpaired) electrons. The third-order valence-electron chi connectivity index (χ3n) is 2.02. The summed E-state index contributed by atoms with van der Waals surface area (Å²) in [5.41, 5.74) is 0. The van der Waals surface area contributed by atoms with Crippen molar-refractivity contribution < 1.29 is 0 Å². The van der Waals surface area contributed by atoms with Crippen LogP contribution in [0.25, 0.3) is 0 Å². The second-order valence-corrected chi connectivity index (χ2v) is 3.71. The summed E-state index contributed by atoms with van der Waals surface area (Å²) in [5, 5.41) is 0.727. The van der Waals surface area contributed by atoms with E-state index in [4.69, 9.17) is 0 Å². The zero-order chi connectivity index (χ0) is 6.69. The smallest absolute Gasteiger partial charge is 0.00450 e. The SMILES string of the molecule is CCCCC(S)C1CC1. The predicted octanol–water partition coefficient (Wildman–Crippen LogP) is 2.89. The van der Waals surface area contributed by atoms with Crippen molar-refractivity contribution in [3.63, 3.8) is 0 Å². The van der Waals surface area contributed by atoms with Crippen LogP contribution in [0.15, 0.2) is 0 Å². The van der Waals surface area contributed by atoms with Crippen molar-refractivity contribution in [3.05, 3.63) is 0 Å². The highest BCUT2D eigenvalue weighted by molar-refractivity contribution is 7.81. The van der Waals surface area contributed by atoms with E-state index in [0.29, 0.717) is 0 Å². The fourth-order valence-corrected chi connectivity index (χ4v) is 1.61. The number of hydrogen-bond acceptors (Lipinski definition) is 1. The lowest BCUT2D eigenvalue weighted by atomic mass is 10.1. The fraction of sp³-hybridized carbons (Fsp3) is 1.00. The van der Waals surface area contributed by atoms with E-state index in [1.165, 1.54) is 32.1 Å². The molecule has 1 unspecified atom stereocenters. The lowest BCUT2D eigenvalue weighted by molar-refractivity contribution is 0.639. The molecule has 0 aromatic heterocycles. The highest BCUT2D eigenvalue weighted by atomic mass is 32.1. The molecule has 0 aromatic rings. The minimum atomic E-state index is 0.727. The molecule has 1 atom stereocenters. The van der Waals surface area contributed by atoms with Gasteiger partial charge in [-0.25, -0.2) is 0 Å². The maximum absolute atomic E-state index is 4.52. The molecule has 0 bridgehead atoms. The van der Waals surface area contributed by atoms with Crippen molar-refractivity contribution in [1.29, 1.82) is 0 Å². The monoisotopic (exact) mass is 144 g/mol. The molecule has 0 nitrogen and oxygen atoms in total. The normalized spacial score (nSPS) is 22.0. The Morgan fingerprint density at radius 1 is 1.56 bits per heavy atom. The minimum Gasteiger partial charge on any atom is -0.176 e.